The number of benzene rings is 1. The lowest BCUT2D eigenvalue weighted by Gasteiger charge is -2.10. The van der Waals surface area contributed by atoms with Gasteiger partial charge in [0.25, 0.3) is 5.91 Å². The van der Waals surface area contributed by atoms with Crippen LogP contribution in [0.3, 0.4) is 0 Å². The molecule has 0 saturated carbocycles. The standard InChI is InChI=1S/C18H20ClNO4S/c1-5-13-11(3)25-17(16(13)18(22)23-4)20-15(21)9-24-14-7-6-12(19)8-10(14)2/h6-8H,5,9H2,1-4H3,(H,20,21). The first kappa shape index (κ1) is 19.3. The van der Waals surface area contributed by atoms with Crippen molar-refractivity contribution >= 4 is 39.8 Å². The maximum absolute atomic E-state index is 12.2. The predicted octanol–water partition coefficient (Wildman–Crippen LogP) is 4.38. The predicted molar refractivity (Wildman–Crippen MR) is 100 cm³/mol. The van der Waals surface area contributed by atoms with Crippen molar-refractivity contribution in [3.8, 4) is 5.75 Å². The molecule has 0 aliphatic rings. The maximum atomic E-state index is 12.2. The van der Waals surface area contributed by atoms with Crippen LogP contribution in [0.15, 0.2) is 18.2 Å². The number of anilines is 1. The zero-order valence-electron chi connectivity index (χ0n) is 14.6. The summed E-state index contributed by atoms with van der Waals surface area (Å²) in [4.78, 5) is 25.3. The normalized spacial score (nSPS) is 10.4. The second-order valence-corrected chi connectivity index (χ2v) is 7.09. The van der Waals surface area contributed by atoms with Crippen molar-refractivity contribution in [3.05, 3.63) is 44.8 Å². The Morgan fingerprint density at radius 2 is 2.00 bits per heavy atom. The number of carbonyl (C=O) groups excluding carboxylic acids is 2. The van der Waals surface area contributed by atoms with Crippen LogP contribution in [0.4, 0.5) is 5.00 Å². The van der Waals surface area contributed by atoms with Gasteiger partial charge in [-0.3, -0.25) is 4.79 Å². The van der Waals surface area contributed by atoms with E-state index >= 15 is 0 Å². The summed E-state index contributed by atoms with van der Waals surface area (Å²) in [5.41, 5.74) is 2.15. The zero-order chi connectivity index (χ0) is 18.6. The van der Waals surface area contributed by atoms with Gasteiger partial charge in [-0.2, -0.15) is 0 Å². The third-order valence-corrected chi connectivity index (χ3v) is 5.00. The molecule has 0 saturated heterocycles. The monoisotopic (exact) mass is 381 g/mol. The second kappa shape index (κ2) is 8.36. The van der Waals surface area contributed by atoms with Crippen molar-refractivity contribution in [1.29, 1.82) is 0 Å². The largest absolute Gasteiger partial charge is 0.483 e. The Balaban J connectivity index is 2.11. The smallest absolute Gasteiger partial charge is 0.341 e. The molecule has 1 aromatic heterocycles. The molecule has 0 aliphatic heterocycles. The van der Waals surface area contributed by atoms with Crippen LogP contribution in [0.25, 0.3) is 0 Å². The minimum atomic E-state index is -0.453. The van der Waals surface area contributed by atoms with Gasteiger partial charge in [0.05, 0.1) is 12.7 Å². The van der Waals surface area contributed by atoms with Gasteiger partial charge in [0.1, 0.15) is 10.8 Å². The van der Waals surface area contributed by atoms with E-state index in [0.29, 0.717) is 27.8 Å². The number of ether oxygens (including phenoxy) is 2. The van der Waals surface area contributed by atoms with Crippen LogP contribution >= 0.6 is 22.9 Å². The van der Waals surface area contributed by atoms with Gasteiger partial charge in [0, 0.05) is 9.90 Å². The molecule has 0 bridgehead atoms. The maximum Gasteiger partial charge on any atom is 0.341 e. The lowest BCUT2D eigenvalue weighted by Crippen LogP contribution is -2.21. The molecule has 1 aromatic carbocycles. The molecule has 2 aromatic rings. The number of rotatable bonds is 6. The highest BCUT2D eigenvalue weighted by atomic mass is 35.5. The molecule has 0 fully saturated rings. The molecule has 1 heterocycles. The van der Waals surface area contributed by atoms with Crippen LogP contribution in [0.5, 0.6) is 5.75 Å². The number of amides is 1. The van der Waals surface area contributed by atoms with Crippen molar-refractivity contribution in [3.63, 3.8) is 0 Å². The lowest BCUT2D eigenvalue weighted by atomic mass is 10.1. The van der Waals surface area contributed by atoms with E-state index in [1.807, 2.05) is 20.8 Å². The highest BCUT2D eigenvalue weighted by molar-refractivity contribution is 7.16. The van der Waals surface area contributed by atoms with E-state index in [4.69, 9.17) is 21.1 Å². The summed E-state index contributed by atoms with van der Waals surface area (Å²) in [7, 11) is 1.33. The molecule has 25 heavy (non-hydrogen) atoms. The summed E-state index contributed by atoms with van der Waals surface area (Å²) in [6.45, 7) is 5.56. The first-order valence-corrected chi connectivity index (χ1v) is 8.96. The van der Waals surface area contributed by atoms with Gasteiger partial charge >= 0.3 is 5.97 Å². The van der Waals surface area contributed by atoms with Gasteiger partial charge in [-0.25, -0.2) is 4.79 Å². The van der Waals surface area contributed by atoms with Gasteiger partial charge in [-0.1, -0.05) is 18.5 Å². The molecule has 0 radical (unpaired) electrons. The Morgan fingerprint density at radius 1 is 1.28 bits per heavy atom. The van der Waals surface area contributed by atoms with E-state index < -0.39 is 5.97 Å². The van der Waals surface area contributed by atoms with Gasteiger partial charge in [0.2, 0.25) is 0 Å². The average Bonchev–Trinajstić information content (AvgIpc) is 2.88. The molecular formula is C18H20ClNO4S. The number of methoxy groups -OCH3 is 1. The quantitative estimate of drug-likeness (QED) is 0.754. The summed E-state index contributed by atoms with van der Waals surface area (Å²) in [5, 5.41) is 3.85. The summed E-state index contributed by atoms with van der Waals surface area (Å²) >= 11 is 7.26. The Hall–Kier alpha value is -2.05. The Bertz CT molecular complexity index is 801. The van der Waals surface area contributed by atoms with Gasteiger partial charge in [-0.05, 0) is 49.6 Å². The highest BCUT2D eigenvalue weighted by Crippen LogP contribution is 2.34. The van der Waals surface area contributed by atoms with Crippen LogP contribution in [-0.4, -0.2) is 25.6 Å². The van der Waals surface area contributed by atoms with Crippen molar-refractivity contribution in [1.82, 2.24) is 0 Å². The first-order valence-electron chi connectivity index (χ1n) is 7.76. The fourth-order valence-electron chi connectivity index (χ4n) is 2.49. The molecule has 134 valence electrons. The Kier molecular flexibility index (Phi) is 6.45. The number of nitrogens with one attached hydrogen (secondary N) is 1. The van der Waals surface area contributed by atoms with Gasteiger partial charge in [0.15, 0.2) is 6.61 Å². The number of esters is 1. The number of aryl methyl sites for hydroxylation is 2. The molecule has 0 spiro atoms. The molecule has 0 aliphatic carbocycles. The average molecular weight is 382 g/mol. The topological polar surface area (TPSA) is 64.6 Å². The van der Waals surface area contributed by atoms with E-state index in [-0.39, 0.29) is 12.5 Å². The fourth-order valence-corrected chi connectivity index (χ4v) is 3.87. The molecule has 7 heteroatoms. The third kappa shape index (κ3) is 4.52. The number of hydrogen-bond acceptors (Lipinski definition) is 5. The third-order valence-electron chi connectivity index (χ3n) is 3.70. The first-order chi connectivity index (χ1) is 11.9. The van der Waals surface area contributed by atoms with Crippen molar-refractivity contribution in [2.24, 2.45) is 0 Å². The van der Waals surface area contributed by atoms with Crippen molar-refractivity contribution in [2.45, 2.75) is 27.2 Å². The second-order valence-electron chi connectivity index (χ2n) is 5.43. The summed E-state index contributed by atoms with van der Waals surface area (Å²) in [6, 6.07) is 5.18. The van der Waals surface area contributed by atoms with E-state index in [9.17, 15) is 9.59 Å². The number of hydrogen-bond donors (Lipinski definition) is 1. The van der Waals surface area contributed by atoms with E-state index in [1.54, 1.807) is 18.2 Å². The summed E-state index contributed by atoms with van der Waals surface area (Å²) < 4.78 is 10.4. The molecule has 1 amide bonds. The van der Waals surface area contributed by atoms with E-state index in [1.165, 1.54) is 18.4 Å². The van der Waals surface area contributed by atoms with Crippen molar-refractivity contribution in [2.75, 3.05) is 19.0 Å². The molecule has 2 rings (SSSR count). The Labute approximate surface area is 155 Å². The molecule has 0 atom stereocenters. The summed E-state index contributed by atoms with van der Waals surface area (Å²) in [6.07, 6.45) is 0.684. The number of thiophene rings is 1. The lowest BCUT2D eigenvalue weighted by molar-refractivity contribution is -0.118. The number of carbonyl (C=O) groups is 2. The van der Waals surface area contributed by atoms with Crippen molar-refractivity contribution < 1.29 is 19.1 Å². The fraction of sp³-hybridized carbons (Fsp3) is 0.333. The van der Waals surface area contributed by atoms with Gasteiger partial charge < -0.3 is 14.8 Å². The van der Waals surface area contributed by atoms with Crippen LogP contribution < -0.4 is 10.1 Å². The minimum Gasteiger partial charge on any atom is -0.483 e. The number of halogens is 1. The van der Waals surface area contributed by atoms with Gasteiger partial charge in [-0.15, -0.1) is 11.3 Å². The zero-order valence-corrected chi connectivity index (χ0v) is 16.1. The minimum absolute atomic E-state index is 0.165. The highest BCUT2D eigenvalue weighted by Gasteiger charge is 2.23. The summed E-state index contributed by atoms with van der Waals surface area (Å²) in [5.74, 6) is -0.210. The van der Waals surface area contributed by atoms with Crippen LogP contribution in [-0.2, 0) is 16.0 Å². The van der Waals surface area contributed by atoms with E-state index in [0.717, 1.165) is 16.0 Å². The molecular weight excluding hydrogens is 362 g/mol. The SMILES string of the molecule is CCc1c(C)sc(NC(=O)COc2ccc(Cl)cc2C)c1C(=O)OC. The van der Waals surface area contributed by atoms with Crippen LogP contribution in [0.2, 0.25) is 5.02 Å². The van der Waals surface area contributed by atoms with Crippen LogP contribution in [0.1, 0.15) is 33.3 Å². The molecule has 0 unspecified atom stereocenters. The molecule has 5 nitrogen and oxygen atoms in total. The van der Waals surface area contributed by atoms with E-state index in [2.05, 4.69) is 5.32 Å². The van der Waals surface area contributed by atoms with Crippen LogP contribution in [0, 0.1) is 13.8 Å². The molecule has 1 N–H and O–H groups in total. The Morgan fingerprint density at radius 3 is 2.60 bits per heavy atom.